The van der Waals surface area contributed by atoms with Gasteiger partial charge in [0.05, 0.1) is 6.10 Å². The molecule has 0 spiro atoms. The summed E-state index contributed by atoms with van der Waals surface area (Å²) in [6.07, 6.45) is 0.0641. The van der Waals surface area contributed by atoms with Crippen molar-refractivity contribution in [2.75, 3.05) is 0 Å². The van der Waals surface area contributed by atoms with Crippen LogP contribution in [0.2, 0.25) is 0 Å². The maximum absolute atomic E-state index is 11.4. The van der Waals surface area contributed by atoms with Crippen molar-refractivity contribution in [3.8, 4) is 5.75 Å². The molecular formula is C13H18ClN2O2S-. The molecule has 19 heavy (non-hydrogen) atoms. The van der Waals surface area contributed by atoms with Gasteiger partial charge >= 0.3 is 0 Å². The summed E-state index contributed by atoms with van der Waals surface area (Å²) in [4.78, 5) is 11.4. The second-order valence-corrected chi connectivity index (χ2v) is 5.22. The average molecular weight is 302 g/mol. The van der Waals surface area contributed by atoms with Crippen molar-refractivity contribution in [1.29, 1.82) is 5.41 Å². The van der Waals surface area contributed by atoms with E-state index < -0.39 is 0 Å². The molecule has 1 aromatic rings. The molecule has 106 valence electrons. The van der Waals surface area contributed by atoms with Gasteiger partial charge in [0.15, 0.2) is 11.0 Å². The van der Waals surface area contributed by atoms with Gasteiger partial charge in [0.2, 0.25) is 0 Å². The Hall–Kier alpha value is -1.20. The number of carbonyl (C=O) groups excluding carboxylic acids is 1. The number of hydrogen-bond acceptors (Lipinski definition) is 4. The zero-order valence-electron chi connectivity index (χ0n) is 11.2. The van der Waals surface area contributed by atoms with Crippen LogP contribution in [0, 0.1) is 5.41 Å². The lowest BCUT2D eigenvalue weighted by Crippen LogP contribution is -3.00. The van der Waals surface area contributed by atoms with Crippen LogP contribution in [0.1, 0.15) is 36.7 Å². The molecule has 0 bridgehead atoms. The van der Waals surface area contributed by atoms with Crippen LogP contribution in [0.25, 0.3) is 0 Å². The Morgan fingerprint density at radius 2 is 2.11 bits per heavy atom. The molecule has 3 N–H and O–H groups in total. The normalized spacial score (nSPS) is 9.89. The molecule has 0 heterocycles. The van der Waals surface area contributed by atoms with Gasteiger partial charge in [0, 0.05) is 16.9 Å². The summed E-state index contributed by atoms with van der Waals surface area (Å²) in [5.74, 6) is 1.28. The number of amidine groups is 1. The number of thioether (sulfide) groups is 1. The van der Waals surface area contributed by atoms with Gasteiger partial charge in [-0.1, -0.05) is 11.8 Å². The second-order valence-electron chi connectivity index (χ2n) is 4.20. The summed E-state index contributed by atoms with van der Waals surface area (Å²) < 4.78 is 5.68. The van der Waals surface area contributed by atoms with E-state index in [4.69, 9.17) is 15.9 Å². The van der Waals surface area contributed by atoms with Gasteiger partial charge < -0.3 is 22.9 Å². The van der Waals surface area contributed by atoms with Gasteiger partial charge in [0.25, 0.3) is 0 Å². The Morgan fingerprint density at radius 1 is 1.47 bits per heavy atom. The molecule has 0 aliphatic carbocycles. The van der Waals surface area contributed by atoms with Crippen molar-refractivity contribution >= 4 is 22.7 Å². The standard InChI is InChI=1S/C13H18N2O2S.ClH/c1-8(2)17-12-5-4-10(9(3)16)6-11(12)7-18-13(14)15;/h4-6,8H,7H2,1-3H3,(H3,14,15);1H/p-1. The summed E-state index contributed by atoms with van der Waals surface area (Å²) in [7, 11) is 0. The first-order valence-electron chi connectivity index (χ1n) is 5.67. The molecule has 0 aromatic heterocycles. The Kier molecular flexibility index (Phi) is 7.56. The third kappa shape index (κ3) is 5.98. The molecular weight excluding hydrogens is 284 g/mol. The van der Waals surface area contributed by atoms with Gasteiger partial charge in [-0.25, -0.2) is 0 Å². The van der Waals surface area contributed by atoms with E-state index >= 15 is 0 Å². The van der Waals surface area contributed by atoms with Gasteiger partial charge in [0.1, 0.15) is 5.75 Å². The Bertz CT molecular complexity index is 464. The number of nitrogens with one attached hydrogen (secondary N) is 1. The zero-order valence-corrected chi connectivity index (χ0v) is 12.8. The molecule has 0 saturated carbocycles. The van der Waals surface area contributed by atoms with Crippen molar-refractivity contribution in [3.63, 3.8) is 0 Å². The number of ether oxygens (including phenoxy) is 1. The average Bonchev–Trinajstić information content (AvgIpc) is 2.26. The zero-order chi connectivity index (χ0) is 13.7. The summed E-state index contributed by atoms with van der Waals surface area (Å²) in [6, 6.07) is 5.35. The predicted molar refractivity (Wildman–Crippen MR) is 75.4 cm³/mol. The number of halogens is 1. The van der Waals surface area contributed by atoms with Crippen LogP contribution in [0.5, 0.6) is 5.75 Å². The molecule has 0 amide bonds. The lowest BCUT2D eigenvalue weighted by Gasteiger charge is -2.14. The highest BCUT2D eigenvalue weighted by Crippen LogP contribution is 2.26. The fourth-order valence-corrected chi connectivity index (χ4v) is 1.97. The summed E-state index contributed by atoms with van der Waals surface area (Å²) in [5.41, 5.74) is 6.86. The van der Waals surface area contributed by atoms with E-state index in [9.17, 15) is 4.79 Å². The first-order valence-corrected chi connectivity index (χ1v) is 6.66. The third-order valence-corrected chi connectivity index (χ3v) is 2.98. The number of Topliss-reactive ketones (excluding diaryl/α,β-unsaturated/α-hetero) is 1. The largest absolute Gasteiger partial charge is 1.00 e. The van der Waals surface area contributed by atoms with E-state index in [1.807, 2.05) is 13.8 Å². The molecule has 0 unspecified atom stereocenters. The SMILES string of the molecule is CC(=O)c1ccc(OC(C)C)c(CSC(=N)N)c1.[Cl-]. The number of ketones is 1. The fourth-order valence-electron chi connectivity index (χ4n) is 1.44. The van der Waals surface area contributed by atoms with Crippen molar-refractivity contribution in [3.05, 3.63) is 29.3 Å². The third-order valence-electron chi connectivity index (χ3n) is 2.21. The smallest absolute Gasteiger partial charge is 0.159 e. The number of hydrogen-bond donors (Lipinski definition) is 2. The number of carbonyl (C=O) groups is 1. The van der Waals surface area contributed by atoms with Crippen LogP contribution >= 0.6 is 11.8 Å². The Balaban J connectivity index is 0.00000324. The highest BCUT2D eigenvalue weighted by atomic mass is 35.5. The Morgan fingerprint density at radius 3 is 2.58 bits per heavy atom. The van der Waals surface area contributed by atoms with Gasteiger partial charge in [-0.05, 0) is 39.0 Å². The van der Waals surface area contributed by atoms with Crippen molar-refractivity contribution in [2.45, 2.75) is 32.6 Å². The van der Waals surface area contributed by atoms with Crippen molar-refractivity contribution in [2.24, 2.45) is 5.73 Å². The van der Waals surface area contributed by atoms with Crippen molar-refractivity contribution in [1.82, 2.24) is 0 Å². The molecule has 1 rings (SSSR count). The summed E-state index contributed by atoms with van der Waals surface area (Å²) in [6.45, 7) is 5.42. The topological polar surface area (TPSA) is 76.2 Å². The lowest BCUT2D eigenvalue weighted by atomic mass is 10.1. The van der Waals surface area contributed by atoms with E-state index in [0.717, 1.165) is 11.3 Å². The molecule has 0 aliphatic rings. The maximum Gasteiger partial charge on any atom is 0.159 e. The van der Waals surface area contributed by atoms with Crippen LogP contribution in [-0.4, -0.2) is 17.1 Å². The van der Waals surface area contributed by atoms with Crippen LogP contribution in [0.3, 0.4) is 0 Å². The molecule has 0 aliphatic heterocycles. The minimum Gasteiger partial charge on any atom is -1.00 e. The van der Waals surface area contributed by atoms with E-state index in [1.165, 1.54) is 18.7 Å². The molecule has 0 radical (unpaired) electrons. The second kappa shape index (κ2) is 8.07. The monoisotopic (exact) mass is 301 g/mol. The van der Waals surface area contributed by atoms with Crippen LogP contribution < -0.4 is 22.9 Å². The molecule has 0 fully saturated rings. The summed E-state index contributed by atoms with van der Waals surface area (Å²) in [5, 5.41) is 7.28. The molecule has 6 heteroatoms. The van der Waals surface area contributed by atoms with E-state index in [1.54, 1.807) is 18.2 Å². The van der Waals surface area contributed by atoms with Gasteiger partial charge in [-0.3, -0.25) is 10.2 Å². The minimum atomic E-state index is 0. The number of nitrogens with two attached hydrogens (primary N) is 1. The van der Waals surface area contributed by atoms with Crippen LogP contribution in [-0.2, 0) is 5.75 Å². The molecule has 0 saturated heterocycles. The summed E-state index contributed by atoms with van der Waals surface area (Å²) >= 11 is 1.22. The van der Waals surface area contributed by atoms with E-state index in [0.29, 0.717) is 11.3 Å². The first kappa shape index (κ1) is 17.8. The minimum absolute atomic E-state index is 0. The number of rotatable bonds is 5. The first-order chi connectivity index (χ1) is 8.40. The molecule has 1 aromatic carbocycles. The fraction of sp³-hybridized carbons (Fsp3) is 0.385. The predicted octanol–water partition coefficient (Wildman–Crippen LogP) is -0.193. The molecule has 0 atom stereocenters. The highest BCUT2D eigenvalue weighted by molar-refractivity contribution is 8.13. The lowest BCUT2D eigenvalue weighted by molar-refractivity contribution is -0.0000133. The van der Waals surface area contributed by atoms with Gasteiger partial charge in [-0.2, -0.15) is 0 Å². The van der Waals surface area contributed by atoms with E-state index in [2.05, 4.69) is 0 Å². The van der Waals surface area contributed by atoms with Crippen LogP contribution in [0.15, 0.2) is 18.2 Å². The maximum atomic E-state index is 11.4. The van der Waals surface area contributed by atoms with E-state index in [-0.39, 0.29) is 29.5 Å². The van der Waals surface area contributed by atoms with Crippen LogP contribution in [0.4, 0.5) is 0 Å². The highest BCUT2D eigenvalue weighted by Gasteiger charge is 2.10. The molecule has 4 nitrogen and oxygen atoms in total. The quantitative estimate of drug-likeness (QED) is 0.449. The Labute approximate surface area is 124 Å². The van der Waals surface area contributed by atoms with Gasteiger partial charge in [-0.15, -0.1) is 0 Å². The van der Waals surface area contributed by atoms with Crippen molar-refractivity contribution < 1.29 is 21.9 Å². The number of benzene rings is 1.